The molecular formula is C19H23F3N4O3S. The monoisotopic (exact) mass is 444 g/mol. The first-order chi connectivity index (χ1) is 14.2. The van der Waals surface area contributed by atoms with Crippen molar-refractivity contribution in [2.45, 2.75) is 32.9 Å². The second kappa shape index (κ2) is 9.25. The summed E-state index contributed by atoms with van der Waals surface area (Å²) in [5.41, 5.74) is -1.94. The highest BCUT2D eigenvalue weighted by molar-refractivity contribution is 7.22. The fourth-order valence-corrected chi connectivity index (χ4v) is 4.55. The highest BCUT2D eigenvalue weighted by Crippen LogP contribution is 2.36. The second-order valence-electron chi connectivity index (χ2n) is 7.51. The zero-order chi connectivity index (χ0) is 22.0. The van der Waals surface area contributed by atoms with Gasteiger partial charge in [0.2, 0.25) is 0 Å². The molecule has 3 rings (SSSR count). The molecule has 164 valence electrons. The number of piperazine rings is 1. The lowest BCUT2D eigenvalue weighted by Gasteiger charge is -2.36. The summed E-state index contributed by atoms with van der Waals surface area (Å²) in [7, 11) is 0. The van der Waals surface area contributed by atoms with Gasteiger partial charge in [0.15, 0.2) is 11.3 Å². The van der Waals surface area contributed by atoms with Crippen LogP contribution in [0.1, 0.15) is 32.0 Å². The zero-order valence-electron chi connectivity index (χ0n) is 16.7. The lowest BCUT2D eigenvalue weighted by Crippen LogP contribution is -2.47. The van der Waals surface area contributed by atoms with Crippen molar-refractivity contribution in [3.63, 3.8) is 0 Å². The molecule has 0 bridgehead atoms. The van der Waals surface area contributed by atoms with E-state index in [1.54, 1.807) is 0 Å². The van der Waals surface area contributed by atoms with Crippen molar-refractivity contribution < 1.29 is 18.1 Å². The van der Waals surface area contributed by atoms with Gasteiger partial charge in [0.05, 0.1) is 10.3 Å². The van der Waals surface area contributed by atoms with Gasteiger partial charge in [-0.15, -0.1) is 0 Å². The van der Waals surface area contributed by atoms with E-state index in [1.165, 1.54) is 0 Å². The van der Waals surface area contributed by atoms with Crippen LogP contribution in [-0.2, 0) is 0 Å². The van der Waals surface area contributed by atoms with Gasteiger partial charge in [-0.25, -0.2) is 13.2 Å². The third-order valence-electron chi connectivity index (χ3n) is 5.36. The molecule has 0 radical (unpaired) electrons. The molecule has 1 aliphatic rings. The number of aromatic nitrogens is 1. The Labute approximate surface area is 175 Å². The van der Waals surface area contributed by atoms with Gasteiger partial charge in [-0.2, -0.15) is 4.98 Å². The van der Waals surface area contributed by atoms with Crippen LogP contribution in [0.15, 0.2) is 16.9 Å². The summed E-state index contributed by atoms with van der Waals surface area (Å²) in [6.45, 7) is 8.11. The average Bonchev–Trinajstić information content (AvgIpc) is 2.72. The molecule has 0 aliphatic carbocycles. The van der Waals surface area contributed by atoms with Gasteiger partial charge in [0.1, 0.15) is 4.70 Å². The van der Waals surface area contributed by atoms with Crippen molar-refractivity contribution >= 4 is 32.2 Å². The van der Waals surface area contributed by atoms with Crippen LogP contribution in [0.3, 0.4) is 0 Å². The minimum absolute atomic E-state index is 0.0160. The highest BCUT2D eigenvalue weighted by Gasteiger charge is 2.28. The SMILES string of the molecule is CCC(C)CN1CCN(c2nc(=O)c3cc(C(F)C(F)F)cc([N+](=O)[O-])c3s2)CC1. The largest absolute Gasteiger partial charge is 0.345 e. The number of hydrogen-bond donors (Lipinski definition) is 0. The molecule has 11 heteroatoms. The normalized spacial score (nSPS) is 17.5. The Bertz CT molecular complexity index is 979. The molecule has 2 heterocycles. The minimum Gasteiger partial charge on any atom is -0.345 e. The zero-order valence-corrected chi connectivity index (χ0v) is 17.5. The Morgan fingerprint density at radius 2 is 1.90 bits per heavy atom. The van der Waals surface area contributed by atoms with E-state index in [9.17, 15) is 28.1 Å². The summed E-state index contributed by atoms with van der Waals surface area (Å²) in [4.78, 5) is 31.5. The quantitative estimate of drug-likeness (QED) is 0.474. The number of non-ortho nitro benzene ring substituents is 1. The van der Waals surface area contributed by atoms with Gasteiger partial charge in [-0.1, -0.05) is 31.6 Å². The van der Waals surface area contributed by atoms with Crippen LogP contribution >= 0.6 is 11.3 Å². The van der Waals surface area contributed by atoms with E-state index in [0.717, 1.165) is 49.5 Å². The molecule has 2 unspecified atom stereocenters. The molecule has 1 aromatic carbocycles. The van der Waals surface area contributed by atoms with Crippen molar-refractivity contribution in [2.75, 3.05) is 37.6 Å². The van der Waals surface area contributed by atoms with Crippen molar-refractivity contribution in [3.8, 4) is 0 Å². The number of halogens is 3. The lowest BCUT2D eigenvalue weighted by atomic mass is 10.1. The Balaban J connectivity index is 1.94. The molecule has 0 N–H and O–H groups in total. The first-order valence-electron chi connectivity index (χ1n) is 9.74. The van der Waals surface area contributed by atoms with Crippen LogP contribution in [0.2, 0.25) is 0 Å². The molecule has 30 heavy (non-hydrogen) atoms. The summed E-state index contributed by atoms with van der Waals surface area (Å²) < 4.78 is 39.3. The van der Waals surface area contributed by atoms with E-state index in [1.807, 2.05) is 4.90 Å². The smallest absolute Gasteiger partial charge is 0.287 e. The average molecular weight is 444 g/mol. The van der Waals surface area contributed by atoms with Crippen molar-refractivity contribution in [2.24, 2.45) is 5.92 Å². The van der Waals surface area contributed by atoms with Crippen LogP contribution < -0.4 is 10.5 Å². The van der Waals surface area contributed by atoms with Crippen molar-refractivity contribution in [1.82, 2.24) is 9.88 Å². The number of benzene rings is 1. The van der Waals surface area contributed by atoms with Crippen molar-refractivity contribution in [3.05, 3.63) is 38.2 Å². The number of nitro benzene ring substituents is 1. The fourth-order valence-electron chi connectivity index (χ4n) is 3.43. The van der Waals surface area contributed by atoms with Gasteiger partial charge in [0, 0.05) is 38.8 Å². The number of rotatable bonds is 7. The van der Waals surface area contributed by atoms with Gasteiger partial charge >= 0.3 is 0 Å². The number of alkyl halides is 3. The topological polar surface area (TPSA) is 79.6 Å². The van der Waals surface area contributed by atoms with Crippen LogP contribution in [0.25, 0.3) is 10.1 Å². The van der Waals surface area contributed by atoms with Gasteiger partial charge in [-0.05, 0) is 17.5 Å². The Morgan fingerprint density at radius 3 is 2.47 bits per heavy atom. The standard InChI is InChI=1S/C19H23F3N4O3S/c1-3-11(2)10-24-4-6-25(7-5-24)19-23-18(27)13-8-12(15(20)17(21)22)9-14(26(28)29)16(13)30-19/h8-9,11,15,17H,3-7,10H2,1-2H3. The Kier molecular flexibility index (Phi) is 6.91. The second-order valence-corrected chi connectivity index (χ2v) is 8.49. The van der Waals surface area contributed by atoms with Crippen LogP contribution in [0, 0.1) is 16.0 Å². The molecule has 1 aromatic heterocycles. The maximum absolute atomic E-state index is 13.8. The van der Waals surface area contributed by atoms with E-state index in [-0.39, 0.29) is 10.1 Å². The lowest BCUT2D eigenvalue weighted by molar-refractivity contribution is -0.383. The number of nitro groups is 1. The van der Waals surface area contributed by atoms with Crippen LogP contribution in [-0.4, -0.2) is 54.0 Å². The molecule has 0 saturated carbocycles. The molecular weight excluding hydrogens is 421 g/mol. The molecule has 7 nitrogen and oxygen atoms in total. The first-order valence-corrected chi connectivity index (χ1v) is 10.6. The maximum Gasteiger partial charge on any atom is 0.287 e. The van der Waals surface area contributed by atoms with E-state index >= 15 is 0 Å². The third-order valence-corrected chi connectivity index (χ3v) is 6.52. The fraction of sp³-hybridized carbons (Fsp3) is 0.579. The molecule has 1 saturated heterocycles. The first kappa shape index (κ1) is 22.4. The predicted molar refractivity (Wildman–Crippen MR) is 111 cm³/mol. The van der Waals surface area contributed by atoms with Crippen LogP contribution in [0.5, 0.6) is 0 Å². The molecule has 2 atom stereocenters. The van der Waals surface area contributed by atoms with Crippen LogP contribution in [0.4, 0.5) is 24.0 Å². The van der Waals surface area contributed by atoms with E-state index in [4.69, 9.17) is 0 Å². The Morgan fingerprint density at radius 1 is 1.23 bits per heavy atom. The summed E-state index contributed by atoms with van der Waals surface area (Å²) in [5.74, 6) is 0.579. The number of fused-ring (bicyclic) bond motifs is 1. The molecule has 2 aromatic rings. The summed E-state index contributed by atoms with van der Waals surface area (Å²) in [5, 5.41) is 11.6. The number of anilines is 1. The summed E-state index contributed by atoms with van der Waals surface area (Å²) in [6, 6.07) is 1.72. The van der Waals surface area contributed by atoms with Gasteiger partial charge in [0.25, 0.3) is 17.7 Å². The number of nitrogens with zero attached hydrogens (tertiary/aromatic N) is 4. The maximum atomic E-state index is 13.8. The number of hydrogen-bond acceptors (Lipinski definition) is 7. The van der Waals surface area contributed by atoms with Crippen molar-refractivity contribution in [1.29, 1.82) is 0 Å². The molecule has 0 spiro atoms. The highest BCUT2D eigenvalue weighted by atomic mass is 32.1. The minimum atomic E-state index is -3.35. The molecule has 0 amide bonds. The third kappa shape index (κ3) is 4.72. The summed E-state index contributed by atoms with van der Waals surface area (Å²) in [6.07, 6.45) is -4.97. The van der Waals surface area contributed by atoms with E-state index in [2.05, 4.69) is 23.7 Å². The molecule has 1 aliphatic heterocycles. The van der Waals surface area contributed by atoms with Gasteiger partial charge < -0.3 is 4.90 Å². The summed E-state index contributed by atoms with van der Waals surface area (Å²) >= 11 is 0.956. The Hall–Kier alpha value is -2.27. The molecule has 1 fully saturated rings. The van der Waals surface area contributed by atoms with E-state index in [0.29, 0.717) is 24.1 Å². The van der Waals surface area contributed by atoms with Gasteiger partial charge in [-0.3, -0.25) is 19.8 Å². The predicted octanol–water partition coefficient (Wildman–Crippen LogP) is 4.01. The van der Waals surface area contributed by atoms with E-state index < -0.39 is 34.3 Å².